The van der Waals surface area contributed by atoms with Crippen LogP contribution in [0, 0.1) is 0 Å². The van der Waals surface area contributed by atoms with Crippen molar-refractivity contribution in [1.29, 1.82) is 0 Å². The molecule has 8 nitrogen and oxygen atoms in total. The second-order valence-corrected chi connectivity index (χ2v) is 9.58. The predicted molar refractivity (Wildman–Crippen MR) is 117 cm³/mol. The molecule has 3 rings (SSSR count). The number of amides is 3. The number of imide groups is 1. The van der Waals surface area contributed by atoms with Crippen molar-refractivity contribution in [3.05, 3.63) is 35.9 Å². The van der Waals surface area contributed by atoms with Gasteiger partial charge in [0.2, 0.25) is 21.8 Å². The Labute approximate surface area is 183 Å². The third-order valence-electron chi connectivity index (χ3n) is 5.77. The van der Waals surface area contributed by atoms with E-state index >= 15 is 0 Å². The molecule has 2 aliphatic rings. The second kappa shape index (κ2) is 9.74. The fourth-order valence-electron chi connectivity index (χ4n) is 4.12. The minimum absolute atomic E-state index is 0.0791. The molecule has 31 heavy (non-hydrogen) atoms. The molecule has 1 aliphatic carbocycles. The Kier molecular flexibility index (Phi) is 7.27. The van der Waals surface area contributed by atoms with Crippen molar-refractivity contribution in [3.63, 3.8) is 0 Å². The molecule has 0 spiro atoms. The maximum atomic E-state index is 13.2. The third kappa shape index (κ3) is 5.40. The smallest absolute Gasteiger partial charge is 0.257 e. The Bertz CT molecular complexity index is 985. The van der Waals surface area contributed by atoms with Gasteiger partial charge in [-0.25, -0.2) is 18.5 Å². The maximum absolute atomic E-state index is 13.2. The van der Waals surface area contributed by atoms with Crippen LogP contribution in [0.15, 0.2) is 40.8 Å². The van der Waals surface area contributed by atoms with E-state index < -0.39 is 27.9 Å². The van der Waals surface area contributed by atoms with E-state index in [1.807, 2.05) is 6.92 Å². The molecule has 0 saturated carbocycles. The lowest BCUT2D eigenvalue weighted by Gasteiger charge is -2.28. The maximum Gasteiger partial charge on any atom is 0.257 e. The first-order valence-corrected chi connectivity index (χ1v) is 12.2. The first kappa shape index (κ1) is 23.1. The molecule has 1 saturated heterocycles. The minimum Gasteiger partial charge on any atom is -0.330 e. The van der Waals surface area contributed by atoms with E-state index in [2.05, 4.69) is 6.08 Å². The number of nitrogens with two attached hydrogens (primary N) is 1. The zero-order valence-electron chi connectivity index (χ0n) is 17.7. The van der Waals surface area contributed by atoms with Crippen LogP contribution in [0.4, 0.5) is 5.69 Å². The Morgan fingerprint density at radius 2 is 1.90 bits per heavy atom. The fraction of sp³-hybridized carbons (Fsp3) is 0.500. The average Bonchev–Trinajstić information content (AvgIpc) is 3.02. The number of benzene rings is 1. The summed E-state index contributed by atoms with van der Waals surface area (Å²) in [6.07, 6.45) is 8.19. The van der Waals surface area contributed by atoms with Crippen LogP contribution < -0.4 is 10.0 Å². The van der Waals surface area contributed by atoms with Crippen molar-refractivity contribution in [1.82, 2.24) is 4.90 Å². The van der Waals surface area contributed by atoms with Crippen molar-refractivity contribution in [2.45, 2.75) is 69.2 Å². The van der Waals surface area contributed by atoms with E-state index in [9.17, 15) is 22.8 Å². The molecule has 1 heterocycles. The molecule has 1 unspecified atom stereocenters. The molecule has 1 aromatic carbocycles. The van der Waals surface area contributed by atoms with Crippen molar-refractivity contribution in [2.24, 2.45) is 5.14 Å². The molecule has 0 bridgehead atoms. The molecule has 1 fully saturated rings. The van der Waals surface area contributed by atoms with Gasteiger partial charge < -0.3 is 4.90 Å². The van der Waals surface area contributed by atoms with Crippen molar-refractivity contribution < 1.29 is 22.8 Å². The second-order valence-electron chi connectivity index (χ2n) is 8.02. The molecule has 3 amide bonds. The number of hydrogen-bond donors (Lipinski definition) is 1. The number of rotatable bonds is 8. The average molecular weight is 448 g/mol. The number of hydrogen-bond acceptors (Lipinski definition) is 5. The van der Waals surface area contributed by atoms with Crippen LogP contribution in [0.5, 0.6) is 0 Å². The molecule has 2 N–H and O–H groups in total. The first-order valence-electron chi connectivity index (χ1n) is 10.7. The van der Waals surface area contributed by atoms with Gasteiger partial charge in [-0.1, -0.05) is 18.6 Å². The highest BCUT2D eigenvalue weighted by Crippen LogP contribution is 2.28. The van der Waals surface area contributed by atoms with Gasteiger partial charge in [0, 0.05) is 13.0 Å². The third-order valence-corrected chi connectivity index (χ3v) is 6.69. The lowest BCUT2D eigenvalue weighted by molar-refractivity contribution is -0.138. The number of anilines is 1. The molecule has 168 valence electrons. The van der Waals surface area contributed by atoms with Crippen LogP contribution >= 0.6 is 0 Å². The summed E-state index contributed by atoms with van der Waals surface area (Å²) in [5, 5.41) is 5.11. The normalized spacial score (nSPS) is 19.5. The number of allylic oxidation sites excluding steroid dienone is 1. The van der Waals surface area contributed by atoms with Gasteiger partial charge in [0.25, 0.3) is 5.91 Å². The van der Waals surface area contributed by atoms with Crippen LogP contribution in [-0.4, -0.2) is 43.6 Å². The van der Waals surface area contributed by atoms with Crippen LogP contribution in [0.2, 0.25) is 0 Å². The molecular formula is C22H29N3O5S. The predicted octanol–water partition coefficient (Wildman–Crippen LogP) is 2.49. The SMILES string of the molecule is CCCC(=O)N(CCC1=CCCCC1)C1CC(=O)N(c2ccc(S(N)(=O)=O)cc2)C1=O. The summed E-state index contributed by atoms with van der Waals surface area (Å²) in [4.78, 5) is 41.1. The van der Waals surface area contributed by atoms with Gasteiger partial charge in [-0.2, -0.15) is 0 Å². The van der Waals surface area contributed by atoms with Crippen molar-refractivity contribution >= 4 is 33.4 Å². The quantitative estimate of drug-likeness (QED) is 0.485. The van der Waals surface area contributed by atoms with Crippen molar-refractivity contribution in [3.8, 4) is 0 Å². The topological polar surface area (TPSA) is 118 Å². The van der Waals surface area contributed by atoms with Crippen LogP contribution in [-0.2, 0) is 24.4 Å². The number of sulfonamides is 1. The molecule has 1 atom stereocenters. The molecule has 1 aliphatic heterocycles. The van der Waals surface area contributed by atoms with Crippen molar-refractivity contribution in [2.75, 3.05) is 11.4 Å². The fourth-order valence-corrected chi connectivity index (χ4v) is 4.64. The first-order chi connectivity index (χ1) is 14.7. The molecule has 9 heteroatoms. The largest absolute Gasteiger partial charge is 0.330 e. The van der Waals surface area contributed by atoms with Gasteiger partial charge in [0.15, 0.2) is 0 Å². The minimum atomic E-state index is -3.88. The van der Waals surface area contributed by atoms with Crippen LogP contribution in [0.25, 0.3) is 0 Å². The summed E-state index contributed by atoms with van der Waals surface area (Å²) >= 11 is 0. The van der Waals surface area contributed by atoms with Gasteiger partial charge >= 0.3 is 0 Å². The van der Waals surface area contributed by atoms with Gasteiger partial charge in [-0.05, 0) is 62.8 Å². The highest BCUT2D eigenvalue weighted by molar-refractivity contribution is 7.89. The highest BCUT2D eigenvalue weighted by atomic mass is 32.2. The van der Waals surface area contributed by atoms with Crippen LogP contribution in [0.1, 0.15) is 58.3 Å². The summed E-state index contributed by atoms with van der Waals surface area (Å²) in [5.74, 6) is -1.00. The summed E-state index contributed by atoms with van der Waals surface area (Å²) in [6, 6.07) is 4.43. The van der Waals surface area contributed by atoms with Gasteiger partial charge in [-0.3, -0.25) is 14.4 Å². The van der Waals surface area contributed by atoms with Gasteiger partial charge in [-0.15, -0.1) is 0 Å². The number of carbonyl (C=O) groups is 3. The van der Waals surface area contributed by atoms with Gasteiger partial charge in [0.1, 0.15) is 6.04 Å². The summed E-state index contributed by atoms with van der Waals surface area (Å²) in [7, 11) is -3.88. The standard InChI is InChI=1S/C22H29N3O5S/c1-2-6-20(26)24(14-13-16-7-4-3-5-8-16)19-15-21(27)25(22(19)28)17-9-11-18(12-10-17)31(23,29)30/h7,9-12,19H,2-6,8,13-15H2,1H3,(H2,23,29,30). The van der Waals surface area contributed by atoms with E-state index in [4.69, 9.17) is 5.14 Å². The Morgan fingerprint density at radius 1 is 1.19 bits per heavy atom. The Hall–Kier alpha value is -2.52. The molecule has 1 aromatic rings. The summed E-state index contributed by atoms with van der Waals surface area (Å²) < 4.78 is 22.9. The lowest BCUT2D eigenvalue weighted by Crippen LogP contribution is -2.46. The zero-order valence-corrected chi connectivity index (χ0v) is 18.6. The highest BCUT2D eigenvalue weighted by Gasteiger charge is 2.44. The number of nitrogens with zero attached hydrogens (tertiary/aromatic N) is 2. The van der Waals surface area contributed by atoms with Crippen LogP contribution in [0.3, 0.4) is 0 Å². The zero-order chi connectivity index (χ0) is 22.6. The van der Waals surface area contributed by atoms with E-state index in [0.717, 1.165) is 24.2 Å². The molecular weight excluding hydrogens is 418 g/mol. The number of primary sulfonamides is 1. The summed E-state index contributed by atoms with van der Waals surface area (Å²) in [5.41, 5.74) is 1.57. The Balaban J connectivity index is 1.80. The summed E-state index contributed by atoms with van der Waals surface area (Å²) in [6.45, 7) is 2.31. The monoisotopic (exact) mass is 447 g/mol. The van der Waals surface area contributed by atoms with Gasteiger partial charge in [0.05, 0.1) is 17.0 Å². The Morgan fingerprint density at radius 3 is 2.48 bits per heavy atom. The number of carbonyl (C=O) groups excluding carboxylic acids is 3. The van der Waals surface area contributed by atoms with E-state index in [-0.39, 0.29) is 22.9 Å². The molecule has 0 aromatic heterocycles. The van der Waals surface area contributed by atoms with E-state index in [1.165, 1.54) is 36.3 Å². The van der Waals surface area contributed by atoms with E-state index in [0.29, 0.717) is 25.8 Å². The lowest BCUT2D eigenvalue weighted by atomic mass is 9.97. The molecule has 0 radical (unpaired) electrons. The van der Waals surface area contributed by atoms with E-state index in [1.54, 1.807) is 4.90 Å².